The zero-order valence-corrected chi connectivity index (χ0v) is 11.7. The van der Waals surface area contributed by atoms with Crippen molar-refractivity contribution in [3.63, 3.8) is 0 Å². The standard InChI is InChI=1S/C14H15N3O4/c1-14(2)7-11(18)13(12(19)8-14)16-15-9-4-3-5-10(6-9)17(20)21/h3-6,18H,7-8H2,1-2H3. The number of azo groups is 1. The fourth-order valence-electron chi connectivity index (χ4n) is 2.17. The molecule has 0 atom stereocenters. The Labute approximate surface area is 121 Å². The number of rotatable bonds is 3. The first kappa shape index (κ1) is 14.8. The second-order valence-electron chi connectivity index (χ2n) is 5.71. The molecule has 2 rings (SSSR count). The molecule has 1 aliphatic rings. The lowest BCUT2D eigenvalue weighted by atomic mass is 9.78. The van der Waals surface area contributed by atoms with Crippen molar-refractivity contribution in [3.05, 3.63) is 45.8 Å². The minimum absolute atomic E-state index is 0.0687. The Morgan fingerprint density at radius 3 is 2.62 bits per heavy atom. The molecular formula is C14H15N3O4. The van der Waals surface area contributed by atoms with E-state index in [0.29, 0.717) is 6.42 Å². The Kier molecular flexibility index (Phi) is 3.84. The van der Waals surface area contributed by atoms with Gasteiger partial charge in [0.05, 0.1) is 10.6 Å². The normalized spacial score (nSPS) is 18.3. The number of nitro benzene ring substituents is 1. The number of nitro groups is 1. The van der Waals surface area contributed by atoms with Gasteiger partial charge >= 0.3 is 0 Å². The molecule has 110 valence electrons. The Morgan fingerprint density at radius 1 is 1.29 bits per heavy atom. The first-order valence-corrected chi connectivity index (χ1v) is 6.40. The molecule has 0 amide bonds. The quantitative estimate of drug-likeness (QED) is 0.518. The van der Waals surface area contributed by atoms with Crippen LogP contribution in [-0.4, -0.2) is 15.8 Å². The van der Waals surface area contributed by atoms with Crippen molar-refractivity contribution in [1.82, 2.24) is 0 Å². The van der Waals surface area contributed by atoms with Gasteiger partial charge in [0.2, 0.25) is 0 Å². The van der Waals surface area contributed by atoms with Gasteiger partial charge in [-0.2, -0.15) is 5.11 Å². The fraction of sp³-hybridized carbons (Fsp3) is 0.357. The molecule has 0 aliphatic heterocycles. The Morgan fingerprint density at radius 2 is 2.00 bits per heavy atom. The van der Waals surface area contributed by atoms with Crippen LogP contribution in [0.5, 0.6) is 0 Å². The number of hydrogen-bond donors (Lipinski definition) is 1. The number of allylic oxidation sites excluding steroid dienone is 2. The van der Waals surface area contributed by atoms with Crippen molar-refractivity contribution in [2.75, 3.05) is 0 Å². The third kappa shape index (κ3) is 3.50. The summed E-state index contributed by atoms with van der Waals surface area (Å²) in [7, 11) is 0. The number of benzene rings is 1. The summed E-state index contributed by atoms with van der Waals surface area (Å²) in [6.07, 6.45) is 0.627. The lowest BCUT2D eigenvalue weighted by Crippen LogP contribution is -2.25. The van der Waals surface area contributed by atoms with Crippen LogP contribution in [-0.2, 0) is 4.79 Å². The van der Waals surface area contributed by atoms with Crippen LogP contribution in [0.3, 0.4) is 0 Å². The summed E-state index contributed by atoms with van der Waals surface area (Å²) < 4.78 is 0. The maximum absolute atomic E-state index is 11.9. The molecule has 7 heteroatoms. The van der Waals surface area contributed by atoms with Gasteiger partial charge in [0.1, 0.15) is 5.76 Å². The highest BCUT2D eigenvalue weighted by molar-refractivity contribution is 5.96. The number of non-ortho nitro benzene ring substituents is 1. The van der Waals surface area contributed by atoms with Crippen molar-refractivity contribution in [1.29, 1.82) is 0 Å². The van der Waals surface area contributed by atoms with E-state index >= 15 is 0 Å². The molecule has 21 heavy (non-hydrogen) atoms. The second-order valence-corrected chi connectivity index (χ2v) is 5.71. The number of ketones is 1. The van der Waals surface area contributed by atoms with E-state index in [2.05, 4.69) is 10.2 Å². The lowest BCUT2D eigenvalue weighted by Gasteiger charge is -2.27. The van der Waals surface area contributed by atoms with Crippen LogP contribution in [0.15, 0.2) is 46.0 Å². The van der Waals surface area contributed by atoms with Gasteiger partial charge in [-0.1, -0.05) is 19.9 Å². The molecule has 7 nitrogen and oxygen atoms in total. The topological polar surface area (TPSA) is 105 Å². The average Bonchev–Trinajstić information content (AvgIpc) is 2.36. The maximum atomic E-state index is 11.9. The van der Waals surface area contributed by atoms with Crippen LogP contribution in [0.1, 0.15) is 26.7 Å². The zero-order chi connectivity index (χ0) is 15.6. The molecule has 0 saturated heterocycles. The summed E-state index contributed by atoms with van der Waals surface area (Å²) in [6, 6.07) is 5.60. The van der Waals surface area contributed by atoms with E-state index in [9.17, 15) is 20.0 Å². The third-order valence-electron chi connectivity index (χ3n) is 3.13. The van der Waals surface area contributed by atoms with E-state index in [1.54, 1.807) is 0 Å². The van der Waals surface area contributed by atoms with Crippen LogP contribution >= 0.6 is 0 Å². The van der Waals surface area contributed by atoms with Crippen molar-refractivity contribution >= 4 is 17.2 Å². The van der Waals surface area contributed by atoms with Crippen molar-refractivity contribution in [2.45, 2.75) is 26.7 Å². The SMILES string of the molecule is CC1(C)CC(=O)C(N=Nc2cccc([N+](=O)[O-])c2)=C(O)C1. The number of Topliss-reactive ketones (excluding diaryl/α,β-unsaturated/α-hetero) is 1. The van der Waals surface area contributed by atoms with Gasteiger partial charge in [-0.3, -0.25) is 14.9 Å². The van der Waals surface area contributed by atoms with E-state index in [1.165, 1.54) is 24.3 Å². The average molecular weight is 289 g/mol. The molecule has 0 aromatic heterocycles. The predicted molar refractivity (Wildman–Crippen MR) is 75.3 cm³/mol. The highest BCUT2D eigenvalue weighted by Gasteiger charge is 2.33. The monoisotopic (exact) mass is 289 g/mol. The summed E-state index contributed by atoms with van der Waals surface area (Å²) in [5.41, 5.74) is -0.227. The molecule has 0 bridgehead atoms. The van der Waals surface area contributed by atoms with Crippen LogP contribution in [0.4, 0.5) is 11.4 Å². The lowest BCUT2D eigenvalue weighted by molar-refractivity contribution is -0.384. The molecule has 1 aromatic rings. The largest absolute Gasteiger partial charge is 0.510 e. The van der Waals surface area contributed by atoms with Crippen LogP contribution < -0.4 is 0 Å². The number of nitrogens with zero attached hydrogens (tertiary/aromatic N) is 3. The Bertz CT molecular complexity index is 662. The smallest absolute Gasteiger partial charge is 0.271 e. The summed E-state index contributed by atoms with van der Waals surface area (Å²) in [6.45, 7) is 3.77. The van der Waals surface area contributed by atoms with Crippen molar-refractivity contribution in [3.8, 4) is 0 Å². The predicted octanol–water partition coefficient (Wildman–Crippen LogP) is 3.84. The molecule has 1 aliphatic carbocycles. The van der Waals surface area contributed by atoms with Crippen LogP contribution in [0, 0.1) is 15.5 Å². The number of carbonyl (C=O) groups excluding carboxylic acids is 1. The number of aliphatic hydroxyl groups is 1. The molecule has 1 aromatic carbocycles. The van der Waals surface area contributed by atoms with Gasteiger partial charge in [0.25, 0.3) is 5.69 Å². The molecule has 0 heterocycles. The fourth-order valence-corrected chi connectivity index (χ4v) is 2.17. The van der Waals surface area contributed by atoms with Crippen molar-refractivity contribution < 1.29 is 14.8 Å². The number of carbonyl (C=O) groups is 1. The van der Waals surface area contributed by atoms with Gasteiger partial charge < -0.3 is 5.11 Å². The molecular weight excluding hydrogens is 274 g/mol. The van der Waals surface area contributed by atoms with E-state index in [4.69, 9.17) is 0 Å². The molecule has 0 saturated carbocycles. The van der Waals surface area contributed by atoms with E-state index in [-0.39, 0.29) is 40.5 Å². The van der Waals surface area contributed by atoms with E-state index in [0.717, 1.165) is 0 Å². The number of hydrogen-bond acceptors (Lipinski definition) is 6. The minimum atomic E-state index is -0.538. The van der Waals surface area contributed by atoms with Crippen LogP contribution in [0.2, 0.25) is 0 Å². The molecule has 0 spiro atoms. The highest BCUT2D eigenvalue weighted by atomic mass is 16.6. The third-order valence-corrected chi connectivity index (χ3v) is 3.13. The second kappa shape index (κ2) is 5.43. The summed E-state index contributed by atoms with van der Waals surface area (Å²) in [4.78, 5) is 22.1. The van der Waals surface area contributed by atoms with Gasteiger partial charge in [-0.05, 0) is 11.5 Å². The summed E-state index contributed by atoms with van der Waals surface area (Å²) >= 11 is 0. The molecule has 0 unspecified atom stereocenters. The van der Waals surface area contributed by atoms with E-state index < -0.39 is 4.92 Å². The highest BCUT2D eigenvalue weighted by Crippen LogP contribution is 2.36. The number of aliphatic hydroxyl groups excluding tert-OH is 1. The maximum Gasteiger partial charge on any atom is 0.271 e. The van der Waals surface area contributed by atoms with Gasteiger partial charge in [0.15, 0.2) is 11.5 Å². The zero-order valence-electron chi connectivity index (χ0n) is 11.7. The van der Waals surface area contributed by atoms with E-state index in [1.807, 2.05) is 13.8 Å². The van der Waals surface area contributed by atoms with Gasteiger partial charge in [-0.15, -0.1) is 5.11 Å². The summed E-state index contributed by atoms with van der Waals surface area (Å²) in [5.74, 6) is -0.372. The van der Waals surface area contributed by atoms with Gasteiger partial charge in [0, 0.05) is 25.0 Å². The Balaban J connectivity index is 2.27. The molecule has 0 fully saturated rings. The van der Waals surface area contributed by atoms with Crippen LogP contribution in [0.25, 0.3) is 0 Å². The molecule has 1 N–H and O–H groups in total. The first-order chi connectivity index (χ1) is 9.78. The summed E-state index contributed by atoms with van der Waals surface area (Å²) in [5, 5.41) is 28.1. The minimum Gasteiger partial charge on any atom is -0.510 e. The Hall–Kier alpha value is -2.57. The van der Waals surface area contributed by atoms with Gasteiger partial charge in [-0.25, -0.2) is 0 Å². The van der Waals surface area contributed by atoms with Crippen molar-refractivity contribution in [2.24, 2.45) is 15.6 Å². The molecule has 0 radical (unpaired) electrons. The first-order valence-electron chi connectivity index (χ1n) is 6.40.